The number of carbonyl (C=O) groups excluding carboxylic acids is 2. The van der Waals surface area contributed by atoms with Gasteiger partial charge in [-0.25, -0.2) is 4.57 Å². The third-order valence-electron chi connectivity index (χ3n) is 9.39. The number of hydrogen-bond donors (Lipinski definition) is 2. The Bertz CT molecular complexity index is 850. The summed E-state index contributed by atoms with van der Waals surface area (Å²) in [6.07, 6.45) is 28.1. The number of hydrogen-bond acceptors (Lipinski definition) is 7. The molecule has 0 aromatic rings. The van der Waals surface area contributed by atoms with E-state index in [1.54, 1.807) is 0 Å². The number of rotatable bonds is 38. The van der Waals surface area contributed by atoms with Crippen LogP contribution in [0.1, 0.15) is 194 Å². The Morgan fingerprint density at radius 2 is 0.960 bits per heavy atom. The van der Waals surface area contributed by atoms with Crippen molar-refractivity contribution >= 4 is 19.6 Å². The molecule has 0 aliphatic carbocycles. The lowest BCUT2D eigenvalue weighted by atomic mass is 10.0. The molecule has 298 valence electrons. The fourth-order valence-corrected chi connectivity index (χ4v) is 7.02. The van der Waals surface area contributed by atoms with Gasteiger partial charge in [0, 0.05) is 12.8 Å². The van der Waals surface area contributed by atoms with E-state index < -0.39 is 38.4 Å². The van der Waals surface area contributed by atoms with Crippen molar-refractivity contribution in [1.82, 2.24) is 0 Å². The van der Waals surface area contributed by atoms with Crippen LogP contribution in [0.3, 0.4) is 0 Å². The Morgan fingerprint density at radius 1 is 0.600 bits per heavy atom. The van der Waals surface area contributed by atoms with Gasteiger partial charge in [0.05, 0.1) is 27.7 Å². The summed E-state index contributed by atoms with van der Waals surface area (Å²) in [6, 6.07) is 0. The van der Waals surface area contributed by atoms with Gasteiger partial charge in [0.1, 0.15) is 13.2 Å². The summed E-state index contributed by atoms with van der Waals surface area (Å²) in [6.45, 7) is 4.18. The first kappa shape index (κ1) is 49.2. The van der Waals surface area contributed by atoms with Crippen LogP contribution in [-0.4, -0.2) is 79.3 Å². The van der Waals surface area contributed by atoms with Crippen LogP contribution >= 0.6 is 7.82 Å². The highest BCUT2D eigenvalue weighted by atomic mass is 31.2. The first-order valence-corrected chi connectivity index (χ1v) is 22.2. The monoisotopic (exact) mass is 735 g/mol. The Balaban J connectivity index is 4.66. The van der Waals surface area contributed by atoms with Crippen LogP contribution in [0.5, 0.6) is 0 Å². The molecule has 0 aliphatic heterocycles. The van der Waals surface area contributed by atoms with E-state index in [2.05, 4.69) is 13.8 Å². The van der Waals surface area contributed by atoms with Crippen LogP contribution in [0.25, 0.3) is 0 Å². The fourth-order valence-electron chi connectivity index (χ4n) is 6.11. The topological polar surface area (TPSA) is 119 Å². The average molecular weight is 735 g/mol. The first-order chi connectivity index (χ1) is 24.0. The van der Waals surface area contributed by atoms with Crippen molar-refractivity contribution in [3.05, 3.63) is 0 Å². The van der Waals surface area contributed by atoms with E-state index in [1.165, 1.54) is 116 Å². The molecule has 0 aromatic heterocycles. The van der Waals surface area contributed by atoms with E-state index in [9.17, 15) is 24.2 Å². The van der Waals surface area contributed by atoms with Crippen molar-refractivity contribution in [1.29, 1.82) is 0 Å². The number of esters is 1. The van der Waals surface area contributed by atoms with Crippen molar-refractivity contribution in [3.63, 3.8) is 0 Å². The molecule has 0 aliphatic rings. The van der Waals surface area contributed by atoms with Gasteiger partial charge in [0.2, 0.25) is 0 Å². The van der Waals surface area contributed by atoms with Gasteiger partial charge >= 0.3 is 13.8 Å². The normalized spacial score (nSPS) is 14.4. The predicted octanol–water partition coefficient (Wildman–Crippen LogP) is 10.6. The molecular formula is C40H81NO8P+. The Kier molecular flexibility index (Phi) is 32.2. The van der Waals surface area contributed by atoms with E-state index in [4.69, 9.17) is 13.8 Å². The molecule has 2 unspecified atom stereocenters. The lowest BCUT2D eigenvalue weighted by Crippen LogP contribution is -2.42. The molecule has 3 atom stereocenters. The number of carbonyl (C=O) groups is 2. The molecule has 0 radical (unpaired) electrons. The summed E-state index contributed by atoms with van der Waals surface area (Å²) in [5, 5.41) is 10.1. The molecule has 9 nitrogen and oxygen atoms in total. The van der Waals surface area contributed by atoms with E-state index in [-0.39, 0.29) is 19.4 Å². The lowest BCUT2D eigenvalue weighted by Gasteiger charge is -2.27. The zero-order chi connectivity index (χ0) is 37.4. The highest BCUT2D eigenvalue weighted by Crippen LogP contribution is 2.45. The van der Waals surface area contributed by atoms with Crippen LogP contribution in [0.15, 0.2) is 0 Å². The zero-order valence-electron chi connectivity index (χ0n) is 33.3. The van der Waals surface area contributed by atoms with Crippen molar-refractivity contribution in [2.45, 2.75) is 206 Å². The standard InChI is InChI=1S/C40H80NO8P/c1-6-8-10-12-14-16-18-19-20-21-23-24-26-28-30-32-37(43)40(49-50(45,46)47-35-34-41(3,4)5)38(36-42)48-39(44)33-31-29-27-25-22-17-15-13-11-9-7-2/h38,40,42H,6-36H2,1-5H3/p+1/t38-,40?/m0/s1. The molecule has 0 heterocycles. The maximum Gasteiger partial charge on any atom is 0.473 e. The number of unbranched alkanes of at least 4 members (excludes halogenated alkanes) is 24. The molecule has 0 saturated heterocycles. The molecule has 0 amide bonds. The molecule has 0 rings (SSSR count). The molecule has 2 N–H and O–H groups in total. The number of ether oxygens (including phenoxy) is 1. The molecular weight excluding hydrogens is 653 g/mol. The van der Waals surface area contributed by atoms with E-state index in [1.807, 2.05) is 21.1 Å². The predicted molar refractivity (Wildman–Crippen MR) is 206 cm³/mol. The van der Waals surface area contributed by atoms with Crippen LogP contribution in [0, 0.1) is 0 Å². The van der Waals surface area contributed by atoms with Gasteiger partial charge in [0.15, 0.2) is 18.0 Å². The second-order valence-electron chi connectivity index (χ2n) is 15.5. The van der Waals surface area contributed by atoms with Gasteiger partial charge < -0.3 is 19.2 Å². The smallest absolute Gasteiger partial charge is 0.457 e. The van der Waals surface area contributed by atoms with Crippen LogP contribution in [-0.2, 0) is 27.9 Å². The van der Waals surface area contributed by atoms with Gasteiger partial charge in [-0.1, -0.05) is 168 Å². The highest BCUT2D eigenvalue weighted by molar-refractivity contribution is 7.47. The number of phosphoric ester groups is 1. The quantitative estimate of drug-likeness (QED) is 0.0278. The minimum Gasteiger partial charge on any atom is -0.457 e. The molecule has 0 fully saturated rings. The highest BCUT2D eigenvalue weighted by Gasteiger charge is 2.38. The molecule has 0 aromatic carbocycles. The van der Waals surface area contributed by atoms with Crippen LogP contribution in [0.4, 0.5) is 0 Å². The van der Waals surface area contributed by atoms with E-state index in [0.717, 1.165) is 38.5 Å². The minimum atomic E-state index is -4.66. The van der Waals surface area contributed by atoms with Gasteiger partial charge in [-0.3, -0.25) is 18.6 Å². The number of nitrogens with zero attached hydrogens (tertiary/aromatic N) is 1. The van der Waals surface area contributed by atoms with Crippen molar-refractivity contribution in [2.24, 2.45) is 0 Å². The van der Waals surface area contributed by atoms with Crippen molar-refractivity contribution in [3.8, 4) is 0 Å². The Morgan fingerprint density at radius 3 is 1.32 bits per heavy atom. The third-order valence-corrected chi connectivity index (χ3v) is 10.4. The second-order valence-corrected chi connectivity index (χ2v) is 16.9. The van der Waals surface area contributed by atoms with Crippen LogP contribution in [0.2, 0.25) is 0 Å². The van der Waals surface area contributed by atoms with Crippen LogP contribution < -0.4 is 0 Å². The number of likely N-dealkylation sites (N-methyl/N-ethyl adjacent to an activating group) is 1. The zero-order valence-corrected chi connectivity index (χ0v) is 34.2. The number of aliphatic hydroxyl groups excluding tert-OH is 1. The maximum atomic E-state index is 13.3. The second kappa shape index (κ2) is 32.8. The van der Waals surface area contributed by atoms with Gasteiger partial charge in [-0.2, -0.15) is 0 Å². The number of Topliss-reactive ketones (excluding diaryl/α,β-unsaturated/α-hetero) is 1. The fraction of sp³-hybridized carbons (Fsp3) is 0.950. The van der Waals surface area contributed by atoms with Crippen molar-refractivity contribution in [2.75, 3.05) is 40.9 Å². The average Bonchev–Trinajstić information content (AvgIpc) is 3.06. The van der Waals surface area contributed by atoms with Gasteiger partial charge in [-0.05, 0) is 12.8 Å². The molecule has 50 heavy (non-hydrogen) atoms. The number of quaternary nitrogens is 1. The summed E-state index contributed by atoms with van der Waals surface area (Å²) in [4.78, 5) is 36.5. The molecule has 0 bridgehead atoms. The van der Waals surface area contributed by atoms with Crippen molar-refractivity contribution < 1.29 is 42.4 Å². The van der Waals surface area contributed by atoms with Gasteiger partial charge in [0.25, 0.3) is 0 Å². The van der Waals surface area contributed by atoms with E-state index >= 15 is 0 Å². The Labute approximate surface area is 308 Å². The minimum absolute atomic E-state index is 0.0559. The summed E-state index contributed by atoms with van der Waals surface area (Å²) >= 11 is 0. The van der Waals surface area contributed by atoms with E-state index in [0.29, 0.717) is 23.9 Å². The number of ketones is 1. The first-order valence-electron chi connectivity index (χ1n) is 20.7. The Hall–Kier alpha value is -0.830. The van der Waals surface area contributed by atoms with Gasteiger partial charge in [-0.15, -0.1) is 0 Å². The number of aliphatic hydroxyl groups is 1. The summed E-state index contributed by atoms with van der Waals surface area (Å²) < 4.78 is 29.4. The SMILES string of the molecule is CCCCCCCCCCCCCCCCCC(=O)C(OP(=O)(O)OCC[N+](C)(C)C)[C@H](CO)OC(=O)CCCCCCCCCCCCC. The largest absolute Gasteiger partial charge is 0.473 e. The lowest BCUT2D eigenvalue weighted by molar-refractivity contribution is -0.870. The number of phosphoric acid groups is 1. The molecule has 0 saturated carbocycles. The molecule has 0 spiro atoms. The third kappa shape index (κ3) is 31.9. The summed E-state index contributed by atoms with van der Waals surface area (Å²) in [5.74, 6) is -1.02. The maximum absolute atomic E-state index is 13.3. The molecule has 10 heteroatoms. The summed E-state index contributed by atoms with van der Waals surface area (Å²) in [7, 11) is 1.12. The summed E-state index contributed by atoms with van der Waals surface area (Å²) in [5.41, 5.74) is 0.